The molecule has 1 aromatic carbocycles. The molecule has 0 saturated heterocycles. The molecular formula is C17H26ClN. The van der Waals surface area contributed by atoms with Gasteiger partial charge < -0.3 is 5.32 Å². The summed E-state index contributed by atoms with van der Waals surface area (Å²) < 4.78 is 0. The highest BCUT2D eigenvalue weighted by Gasteiger charge is 2.31. The van der Waals surface area contributed by atoms with Crippen LogP contribution in [0.4, 0.5) is 0 Å². The van der Waals surface area contributed by atoms with Gasteiger partial charge in [-0.05, 0) is 55.3 Å². The fourth-order valence-corrected chi connectivity index (χ4v) is 2.72. The lowest BCUT2D eigenvalue weighted by Crippen LogP contribution is -2.24. The molecule has 0 aromatic heterocycles. The van der Waals surface area contributed by atoms with E-state index < -0.39 is 0 Å². The summed E-state index contributed by atoms with van der Waals surface area (Å²) in [6.07, 6.45) is 6.70. The summed E-state index contributed by atoms with van der Waals surface area (Å²) >= 11 is 5.97. The summed E-state index contributed by atoms with van der Waals surface area (Å²) in [7, 11) is 0. The van der Waals surface area contributed by atoms with E-state index >= 15 is 0 Å². The van der Waals surface area contributed by atoms with Crippen molar-refractivity contribution in [3.8, 4) is 0 Å². The van der Waals surface area contributed by atoms with Gasteiger partial charge >= 0.3 is 0 Å². The van der Waals surface area contributed by atoms with Crippen LogP contribution in [0.1, 0.15) is 57.6 Å². The number of halogens is 1. The van der Waals surface area contributed by atoms with Crippen LogP contribution in [0.15, 0.2) is 24.3 Å². The standard InChI is InChI=1S/C17H26ClN/c1-13(2)5-3-4-12-19-17(14-6-7-14)15-8-10-16(18)11-9-15/h8-11,13-14,17,19H,3-7,12H2,1-2H3. The van der Waals surface area contributed by atoms with Crippen LogP contribution >= 0.6 is 11.6 Å². The molecule has 1 aromatic rings. The topological polar surface area (TPSA) is 12.0 Å². The van der Waals surface area contributed by atoms with Gasteiger partial charge in [-0.25, -0.2) is 0 Å². The van der Waals surface area contributed by atoms with E-state index in [1.807, 2.05) is 12.1 Å². The van der Waals surface area contributed by atoms with Crippen molar-refractivity contribution in [1.82, 2.24) is 5.32 Å². The normalized spacial score (nSPS) is 16.8. The minimum Gasteiger partial charge on any atom is -0.310 e. The second-order valence-electron chi connectivity index (χ2n) is 6.21. The maximum Gasteiger partial charge on any atom is 0.0406 e. The van der Waals surface area contributed by atoms with Crippen LogP contribution in [0, 0.1) is 11.8 Å². The van der Waals surface area contributed by atoms with Crippen LogP contribution in [-0.4, -0.2) is 6.54 Å². The monoisotopic (exact) mass is 279 g/mol. The minimum atomic E-state index is 0.538. The summed E-state index contributed by atoms with van der Waals surface area (Å²) in [6, 6.07) is 8.90. The number of unbranched alkanes of at least 4 members (excludes halogenated alkanes) is 1. The lowest BCUT2D eigenvalue weighted by atomic mass is 10.0. The van der Waals surface area contributed by atoms with Crippen LogP contribution in [0.2, 0.25) is 5.02 Å². The van der Waals surface area contributed by atoms with Crippen molar-refractivity contribution in [2.24, 2.45) is 11.8 Å². The SMILES string of the molecule is CC(C)CCCCNC(c1ccc(Cl)cc1)C1CC1. The van der Waals surface area contributed by atoms with Crippen LogP contribution in [0.5, 0.6) is 0 Å². The van der Waals surface area contributed by atoms with Gasteiger partial charge in [-0.15, -0.1) is 0 Å². The number of nitrogens with one attached hydrogen (secondary N) is 1. The molecule has 0 amide bonds. The van der Waals surface area contributed by atoms with E-state index in [0.717, 1.165) is 23.4 Å². The first kappa shape index (κ1) is 14.9. The summed E-state index contributed by atoms with van der Waals surface area (Å²) in [5, 5.41) is 4.58. The highest BCUT2D eigenvalue weighted by atomic mass is 35.5. The average molecular weight is 280 g/mol. The van der Waals surface area contributed by atoms with Crippen LogP contribution in [0.25, 0.3) is 0 Å². The number of benzene rings is 1. The van der Waals surface area contributed by atoms with Crippen LogP contribution in [-0.2, 0) is 0 Å². The molecule has 0 radical (unpaired) electrons. The van der Waals surface area contributed by atoms with Gasteiger partial charge in [0.05, 0.1) is 0 Å². The third-order valence-corrected chi connectivity index (χ3v) is 4.15. The van der Waals surface area contributed by atoms with Crippen molar-refractivity contribution in [2.75, 3.05) is 6.54 Å². The highest BCUT2D eigenvalue weighted by Crippen LogP contribution is 2.41. The lowest BCUT2D eigenvalue weighted by molar-refractivity contribution is 0.454. The van der Waals surface area contributed by atoms with Crippen molar-refractivity contribution < 1.29 is 0 Å². The van der Waals surface area contributed by atoms with Gasteiger partial charge in [0.2, 0.25) is 0 Å². The molecule has 106 valence electrons. The first-order valence-electron chi connectivity index (χ1n) is 7.65. The predicted molar refractivity (Wildman–Crippen MR) is 83.6 cm³/mol. The third-order valence-electron chi connectivity index (χ3n) is 3.90. The molecule has 1 saturated carbocycles. The maximum atomic E-state index is 5.97. The summed E-state index contributed by atoms with van der Waals surface area (Å²) in [4.78, 5) is 0. The Morgan fingerprint density at radius 2 is 1.84 bits per heavy atom. The smallest absolute Gasteiger partial charge is 0.0406 e. The van der Waals surface area contributed by atoms with Gasteiger partial charge in [-0.1, -0.05) is 50.4 Å². The van der Waals surface area contributed by atoms with E-state index in [-0.39, 0.29) is 0 Å². The van der Waals surface area contributed by atoms with E-state index in [2.05, 4.69) is 31.3 Å². The minimum absolute atomic E-state index is 0.538. The Morgan fingerprint density at radius 3 is 2.42 bits per heavy atom. The van der Waals surface area contributed by atoms with Crippen molar-refractivity contribution in [1.29, 1.82) is 0 Å². The van der Waals surface area contributed by atoms with Gasteiger partial charge in [-0.2, -0.15) is 0 Å². The van der Waals surface area contributed by atoms with Crippen LogP contribution in [0.3, 0.4) is 0 Å². The Balaban J connectivity index is 1.78. The summed E-state index contributed by atoms with van der Waals surface area (Å²) in [5.74, 6) is 1.67. The molecule has 1 aliphatic carbocycles. The van der Waals surface area contributed by atoms with E-state index in [1.165, 1.54) is 37.7 Å². The number of hydrogen-bond donors (Lipinski definition) is 1. The van der Waals surface area contributed by atoms with Crippen molar-refractivity contribution in [2.45, 2.75) is 52.0 Å². The van der Waals surface area contributed by atoms with Gasteiger partial charge in [-0.3, -0.25) is 0 Å². The maximum absolute atomic E-state index is 5.97. The fourth-order valence-electron chi connectivity index (χ4n) is 2.59. The highest BCUT2D eigenvalue weighted by molar-refractivity contribution is 6.30. The van der Waals surface area contributed by atoms with E-state index in [0.29, 0.717) is 6.04 Å². The molecule has 1 aliphatic rings. The first-order chi connectivity index (χ1) is 9.16. The zero-order chi connectivity index (χ0) is 13.7. The van der Waals surface area contributed by atoms with Crippen molar-refractivity contribution in [3.63, 3.8) is 0 Å². The van der Waals surface area contributed by atoms with Gasteiger partial charge in [0.1, 0.15) is 0 Å². The van der Waals surface area contributed by atoms with Gasteiger partial charge in [0.15, 0.2) is 0 Å². The predicted octanol–water partition coefficient (Wildman–Crippen LogP) is 5.21. The Kier molecular flexibility index (Phi) is 5.72. The molecule has 1 fully saturated rings. The number of rotatable bonds is 8. The van der Waals surface area contributed by atoms with Gasteiger partial charge in [0.25, 0.3) is 0 Å². The molecule has 1 atom stereocenters. The second-order valence-corrected chi connectivity index (χ2v) is 6.65. The Morgan fingerprint density at radius 1 is 1.16 bits per heavy atom. The first-order valence-corrected chi connectivity index (χ1v) is 8.03. The fraction of sp³-hybridized carbons (Fsp3) is 0.647. The molecule has 1 N–H and O–H groups in total. The molecule has 19 heavy (non-hydrogen) atoms. The molecule has 1 unspecified atom stereocenters. The van der Waals surface area contributed by atoms with Gasteiger partial charge in [0, 0.05) is 11.1 Å². The summed E-state index contributed by atoms with van der Waals surface area (Å²) in [6.45, 7) is 5.73. The average Bonchev–Trinajstić information content (AvgIpc) is 3.19. The molecule has 1 nitrogen and oxygen atoms in total. The van der Waals surface area contributed by atoms with E-state index in [4.69, 9.17) is 11.6 Å². The molecular weight excluding hydrogens is 254 g/mol. The quantitative estimate of drug-likeness (QED) is 0.644. The van der Waals surface area contributed by atoms with Crippen molar-refractivity contribution >= 4 is 11.6 Å². The van der Waals surface area contributed by atoms with E-state index in [1.54, 1.807) is 0 Å². The largest absolute Gasteiger partial charge is 0.310 e. The third kappa shape index (κ3) is 5.16. The molecule has 0 spiro atoms. The Hall–Kier alpha value is -0.530. The molecule has 2 rings (SSSR count). The Bertz CT molecular complexity index is 367. The van der Waals surface area contributed by atoms with E-state index in [9.17, 15) is 0 Å². The zero-order valence-electron chi connectivity index (χ0n) is 12.2. The summed E-state index contributed by atoms with van der Waals surface area (Å²) in [5.41, 5.74) is 1.40. The van der Waals surface area contributed by atoms with Crippen molar-refractivity contribution in [3.05, 3.63) is 34.9 Å². The molecule has 2 heteroatoms. The zero-order valence-corrected chi connectivity index (χ0v) is 12.9. The molecule has 0 bridgehead atoms. The molecule has 0 heterocycles. The Labute approximate surface area is 122 Å². The second kappa shape index (κ2) is 7.31. The lowest BCUT2D eigenvalue weighted by Gasteiger charge is -2.19. The number of hydrogen-bond acceptors (Lipinski definition) is 1. The van der Waals surface area contributed by atoms with Crippen LogP contribution < -0.4 is 5.32 Å². The molecule has 0 aliphatic heterocycles.